The number of aliphatic carboxylic acids is 1. The Kier molecular flexibility index (Phi) is 4.09. The van der Waals surface area contributed by atoms with E-state index in [9.17, 15) is 4.79 Å². The summed E-state index contributed by atoms with van der Waals surface area (Å²) in [6.07, 6.45) is 0.601. The van der Waals surface area contributed by atoms with Crippen molar-refractivity contribution < 1.29 is 14.6 Å². The lowest BCUT2D eigenvalue weighted by molar-refractivity contribution is -0.149. The Morgan fingerprint density at radius 1 is 1.56 bits per heavy atom. The largest absolute Gasteiger partial charge is 0.479 e. The van der Waals surface area contributed by atoms with Gasteiger partial charge in [-0.05, 0) is 37.5 Å². The van der Waals surface area contributed by atoms with E-state index in [0.717, 1.165) is 17.7 Å². The molecule has 5 heteroatoms. The van der Waals surface area contributed by atoms with E-state index in [1.807, 2.05) is 25.1 Å². The first-order valence-electron chi connectivity index (χ1n) is 5.94. The standard InChI is InChI=1S/C13H16ClNO3/c1-8-2-4-10(14)11(6-8)15-7-9-3-5-12(18-9)13(16)17/h2,4,6,9,12,15H,3,5,7H2,1H3,(H,16,17). The van der Waals surface area contributed by atoms with Crippen LogP contribution >= 0.6 is 11.6 Å². The molecule has 98 valence electrons. The Balaban J connectivity index is 1.89. The van der Waals surface area contributed by atoms with E-state index in [-0.39, 0.29) is 6.10 Å². The zero-order valence-corrected chi connectivity index (χ0v) is 10.9. The topological polar surface area (TPSA) is 58.6 Å². The third-order valence-corrected chi connectivity index (χ3v) is 3.35. The minimum atomic E-state index is -0.883. The average molecular weight is 270 g/mol. The molecule has 1 aromatic rings. The fourth-order valence-corrected chi connectivity index (χ4v) is 2.22. The monoisotopic (exact) mass is 269 g/mol. The quantitative estimate of drug-likeness (QED) is 0.882. The summed E-state index contributed by atoms with van der Waals surface area (Å²) in [5.41, 5.74) is 1.98. The molecule has 18 heavy (non-hydrogen) atoms. The molecule has 0 amide bonds. The minimum Gasteiger partial charge on any atom is -0.479 e. The molecule has 1 fully saturated rings. The van der Waals surface area contributed by atoms with E-state index in [4.69, 9.17) is 21.4 Å². The first kappa shape index (κ1) is 13.2. The van der Waals surface area contributed by atoms with E-state index in [2.05, 4.69) is 5.32 Å². The third kappa shape index (κ3) is 3.15. The van der Waals surface area contributed by atoms with Gasteiger partial charge in [-0.2, -0.15) is 0 Å². The summed E-state index contributed by atoms with van der Waals surface area (Å²) in [6.45, 7) is 2.57. The molecule has 2 rings (SSSR count). The van der Waals surface area contributed by atoms with Crippen molar-refractivity contribution in [3.05, 3.63) is 28.8 Å². The SMILES string of the molecule is Cc1ccc(Cl)c(NCC2CCC(C(=O)O)O2)c1. The van der Waals surface area contributed by atoms with Crippen LogP contribution in [0, 0.1) is 6.92 Å². The number of rotatable bonds is 4. The molecule has 2 N–H and O–H groups in total. The van der Waals surface area contributed by atoms with Crippen LogP contribution in [0.15, 0.2) is 18.2 Å². The number of hydrogen-bond acceptors (Lipinski definition) is 3. The van der Waals surface area contributed by atoms with Gasteiger partial charge in [0, 0.05) is 6.54 Å². The number of carboxylic acid groups (broad SMARTS) is 1. The van der Waals surface area contributed by atoms with Gasteiger partial charge in [-0.15, -0.1) is 0 Å². The molecule has 0 aliphatic carbocycles. The zero-order chi connectivity index (χ0) is 13.1. The molecule has 0 bridgehead atoms. The molecule has 0 spiro atoms. The molecule has 0 radical (unpaired) electrons. The maximum atomic E-state index is 10.8. The summed E-state index contributed by atoms with van der Waals surface area (Å²) < 4.78 is 5.41. The predicted molar refractivity (Wildman–Crippen MR) is 70.2 cm³/mol. The second-order valence-corrected chi connectivity index (χ2v) is 4.93. The molecule has 0 aromatic heterocycles. The molecule has 4 nitrogen and oxygen atoms in total. The van der Waals surface area contributed by atoms with Crippen LogP contribution in [0.1, 0.15) is 18.4 Å². The van der Waals surface area contributed by atoms with Crippen LogP contribution in [0.2, 0.25) is 5.02 Å². The molecule has 1 saturated heterocycles. The van der Waals surface area contributed by atoms with Crippen LogP contribution in [0.5, 0.6) is 0 Å². The van der Waals surface area contributed by atoms with Crippen LogP contribution in [-0.4, -0.2) is 29.8 Å². The van der Waals surface area contributed by atoms with Gasteiger partial charge in [0.15, 0.2) is 6.10 Å². The molecule has 1 heterocycles. The van der Waals surface area contributed by atoms with Crippen LogP contribution < -0.4 is 5.32 Å². The lowest BCUT2D eigenvalue weighted by Gasteiger charge is -2.14. The van der Waals surface area contributed by atoms with Crippen molar-refractivity contribution in [2.24, 2.45) is 0 Å². The summed E-state index contributed by atoms with van der Waals surface area (Å²) in [5.74, 6) is -0.883. The highest BCUT2D eigenvalue weighted by Gasteiger charge is 2.30. The average Bonchev–Trinajstić information content (AvgIpc) is 2.79. The molecular weight excluding hydrogens is 254 g/mol. The van der Waals surface area contributed by atoms with Crippen molar-refractivity contribution in [2.75, 3.05) is 11.9 Å². The normalized spacial score (nSPS) is 23.0. The van der Waals surface area contributed by atoms with Gasteiger partial charge in [0.25, 0.3) is 0 Å². The van der Waals surface area contributed by atoms with Gasteiger partial charge in [0.1, 0.15) is 0 Å². The van der Waals surface area contributed by atoms with Gasteiger partial charge < -0.3 is 15.2 Å². The van der Waals surface area contributed by atoms with E-state index in [1.54, 1.807) is 0 Å². The van der Waals surface area contributed by atoms with Gasteiger partial charge in [0.05, 0.1) is 16.8 Å². The van der Waals surface area contributed by atoms with E-state index < -0.39 is 12.1 Å². The van der Waals surface area contributed by atoms with Gasteiger partial charge in [-0.25, -0.2) is 4.79 Å². The van der Waals surface area contributed by atoms with Crippen LogP contribution in [0.3, 0.4) is 0 Å². The summed E-state index contributed by atoms with van der Waals surface area (Å²) in [5, 5.41) is 12.7. The van der Waals surface area contributed by atoms with Crippen molar-refractivity contribution in [3.8, 4) is 0 Å². The van der Waals surface area contributed by atoms with Crippen molar-refractivity contribution in [2.45, 2.75) is 32.0 Å². The molecule has 1 aromatic carbocycles. The Morgan fingerprint density at radius 2 is 2.33 bits per heavy atom. The second kappa shape index (κ2) is 5.59. The Hall–Kier alpha value is -1.26. The molecular formula is C13H16ClNO3. The number of aryl methyl sites for hydroxylation is 1. The summed E-state index contributed by atoms with van der Waals surface area (Å²) in [6, 6.07) is 5.75. The maximum Gasteiger partial charge on any atom is 0.332 e. The Morgan fingerprint density at radius 3 is 3.00 bits per heavy atom. The van der Waals surface area contributed by atoms with Gasteiger partial charge in [-0.3, -0.25) is 0 Å². The van der Waals surface area contributed by atoms with Crippen molar-refractivity contribution in [1.29, 1.82) is 0 Å². The second-order valence-electron chi connectivity index (χ2n) is 4.53. The number of carbonyl (C=O) groups is 1. The number of benzene rings is 1. The number of nitrogens with one attached hydrogen (secondary N) is 1. The van der Waals surface area contributed by atoms with Gasteiger partial charge >= 0.3 is 5.97 Å². The summed E-state index contributed by atoms with van der Waals surface area (Å²) in [4.78, 5) is 10.8. The summed E-state index contributed by atoms with van der Waals surface area (Å²) >= 11 is 6.06. The highest BCUT2D eigenvalue weighted by molar-refractivity contribution is 6.33. The molecule has 1 aliphatic rings. The molecule has 2 unspecified atom stereocenters. The van der Waals surface area contributed by atoms with Crippen molar-refractivity contribution in [3.63, 3.8) is 0 Å². The number of hydrogen-bond donors (Lipinski definition) is 2. The minimum absolute atomic E-state index is 0.0670. The lowest BCUT2D eigenvalue weighted by Crippen LogP contribution is -2.24. The zero-order valence-electron chi connectivity index (χ0n) is 10.1. The Bertz CT molecular complexity index is 450. The van der Waals surface area contributed by atoms with E-state index in [0.29, 0.717) is 18.0 Å². The Labute approximate surface area is 111 Å². The fourth-order valence-electron chi connectivity index (χ4n) is 2.04. The van der Waals surface area contributed by atoms with Crippen LogP contribution in [-0.2, 0) is 9.53 Å². The van der Waals surface area contributed by atoms with Gasteiger partial charge in [0.2, 0.25) is 0 Å². The van der Waals surface area contributed by atoms with Crippen LogP contribution in [0.25, 0.3) is 0 Å². The fraction of sp³-hybridized carbons (Fsp3) is 0.462. The smallest absolute Gasteiger partial charge is 0.332 e. The highest BCUT2D eigenvalue weighted by Crippen LogP contribution is 2.25. The predicted octanol–water partition coefficient (Wildman–Crippen LogP) is 2.69. The van der Waals surface area contributed by atoms with Crippen molar-refractivity contribution >= 4 is 23.3 Å². The molecule has 1 aliphatic heterocycles. The number of carboxylic acids is 1. The first-order chi connectivity index (χ1) is 8.56. The van der Waals surface area contributed by atoms with Crippen molar-refractivity contribution in [1.82, 2.24) is 0 Å². The summed E-state index contributed by atoms with van der Waals surface area (Å²) in [7, 11) is 0. The molecule has 0 saturated carbocycles. The van der Waals surface area contributed by atoms with Gasteiger partial charge in [-0.1, -0.05) is 17.7 Å². The first-order valence-corrected chi connectivity index (χ1v) is 6.32. The van der Waals surface area contributed by atoms with Crippen LogP contribution in [0.4, 0.5) is 5.69 Å². The number of anilines is 1. The van der Waals surface area contributed by atoms with E-state index >= 15 is 0 Å². The number of halogens is 1. The lowest BCUT2D eigenvalue weighted by atomic mass is 10.2. The molecule has 2 atom stereocenters. The van der Waals surface area contributed by atoms with E-state index in [1.165, 1.54) is 0 Å². The maximum absolute atomic E-state index is 10.8. The number of ether oxygens (including phenoxy) is 1. The third-order valence-electron chi connectivity index (χ3n) is 3.03. The highest BCUT2D eigenvalue weighted by atomic mass is 35.5.